The van der Waals surface area contributed by atoms with E-state index in [1.54, 1.807) is 0 Å². The molecular weight excluding hydrogens is 244 g/mol. The first kappa shape index (κ1) is 11.6. The number of H-pyrrole nitrogens is 1. The highest BCUT2D eigenvalue weighted by Gasteiger charge is 2.23. The Labute approximate surface area is 118 Å². The minimum Gasteiger partial charge on any atom is -0.377 e. The van der Waals surface area contributed by atoms with Crippen LogP contribution in [0.3, 0.4) is 0 Å². The Morgan fingerprint density at radius 3 is 2.65 bits per heavy atom. The van der Waals surface area contributed by atoms with Crippen LogP contribution in [0.15, 0.2) is 54.6 Å². The second-order valence-electron chi connectivity index (χ2n) is 5.52. The molecule has 2 N–H and O–H groups in total. The number of hydrogen-bond donors (Lipinski definition) is 2. The molecule has 1 atom stereocenters. The van der Waals surface area contributed by atoms with E-state index in [1.165, 1.54) is 47.1 Å². The maximum absolute atomic E-state index is 3.67. The standard InChI is InChI=1S/C18H18N2/c1-2-7-13(8-3-1)19-17-12-6-10-15-14-9-4-5-11-16(14)20-18(15)17/h1-5,7-9,11,17,19-20H,6,10,12H2/t17-/m1/s1. The van der Waals surface area contributed by atoms with E-state index in [4.69, 9.17) is 0 Å². The van der Waals surface area contributed by atoms with Gasteiger partial charge in [-0.15, -0.1) is 0 Å². The number of aryl methyl sites for hydroxylation is 1. The number of anilines is 1. The summed E-state index contributed by atoms with van der Waals surface area (Å²) in [6.07, 6.45) is 3.63. The van der Waals surface area contributed by atoms with Crippen molar-refractivity contribution in [2.45, 2.75) is 25.3 Å². The Morgan fingerprint density at radius 2 is 1.75 bits per heavy atom. The lowest BCUT2D eigenvalue weighted by Gasteiger charge is -2.24. The van der Waals surface area contributed by atoms with Gasteiger partial charge in [0.1, 0.15) is 0 Å². The lowest BCUT2D eigenvalue weighted by atomic mass is 9.91. The van der Waals surface area contributed by atoms with Gasteiger partial charge in [0, 0.05) is 22.3 Å². The molecule has 2 nitrogen and oxygen atoms in total. The summed E-state index contributed by atoms with van der Waals surface area (Å²) in [6, 6.07) is 19.5. The average molecular weight is 262 g/mol. The van der Waals surface area contributed by atoms with Crippen molar-refractivity contribution in [1.29, 1.82) is 0 Å². The van der Waals surface area contributed by atoms with Crippen molar-refractivity contribution < 1.29 is 0 Å². The smallest absolute Gasteiger partial charge is 0.0666 e. The molecular formula is C18H18N2. The summed E-state index contributed by atoms with van der Waals surface area (Å²) in [5.74, 6) is 0. The Bertz CT molecular complexity index is 728. The van der Waals surface area contributed by atoms with Gasteiger partial charge in [-0.1, -0.05) is 36.4 Å². The highest BCUT2D eigenvalue weighted by Crippen LogP contribution is 2.36. The zero-order valence-corrected chi connectivity index (χ0v) is 11.4. The first-order chi connectivity index (χ1) is 9.92. The third kappa shape index (κ3) is 1.88. The third-order valence-corrected chi connectivity index (χ3v) is 4.23. The van der Waals surface area contributed by atoms with Gasteiger partial charge in [0.25, 0.3) is 0 Å². The van der Waals surface area contributed by atoms with Gasteiger partial charge in [-0.2, -0.15) is 0 Å². The molecule has 0 amide bonds. The number of aromatic amines is 1. The normalized spacial score (nSPS) is 17.9. The highest BCUT2D eigenvalue weighted by molar-refractivity contribution is 5.85. The number of hydrogen-bond acceptors (Lipinski definition) is 1. The fraction of sp³-hybridized carbons (Fsp3) is 0.222. The van der Waals surface area contributed by atoms with Crippen LogP contribution in [0.2, 0.25) is 0 Å². The molecule has 0 saturated heterocycles. The van der Waals surface area contributed by atoms with Crippen molar-refractivity contribution in [3.8, 4) is 0 Å². The number of nitrogens with one attached hydrogen (secondary N) is 2. The summed E-state index contributed by atoms with van der Waals surface area (Å²) >= 11 is 0. The summed E-state index contributed by atoms with van der Waals surface area (Å²) in [4.78, 5) is 3.62. The maximum atomic E-state index is 3.67. The predicted molar refractivity (Wildman–Crippen MR) is 84.0 cm³/mol. The van der Waals surface area contributed by atoms with E-state index in [1.807, 2.05) is 0 Å². The van der Waals surface area contributed by atoms with E-state index in [0.29, 0.717) is 6.04 Å². The van der Waals surface area contributed by atoms with Crippen molar-refractivity contribution in [1.82, 2.24) is 4.98 Å². The Balaban J connectivity index is 1.75. The molecule has 1 aliphatic rings. The van der Waals surface area contributed by atoms with Crippen LogP contribution in [0.1, 0.15) is 30.1 Å². The molecule has 100 valence electrons. The SMILES string of the molecule is c1ccc(N[C@@H]2CCCc3c2[nH]c2ccccc32)cc1. The summed E-state index contributed by atoms with van der Waals surface area (Å²) in [5.41, 5.74) is 5.34. The van der Waals surface area contributed by atoms with E-state index < -0.39 is 0 Å². The van der Waals surface area contributed by atoms with Gasteiger partial charge in [0.15, 0.2) is 0 Å². The molecule has 0 radical (unpaired) electrons. The molecule has 0 unspecified atom stereocenters. The molecule has 0 bridgehead atoms. The van der Waals surface area contributed by atoms with Crippen LogP contribution in [0.4, 0.5) is 5.69 Å². The molecule has 20 heavy (non-hydrogen) atoms. The molecule has 1 aromatic heterocycles. The van der Waals surface area contributed by atoms with Gasteiger partial charge in [0.05, 0.1) is 6.04 Å². The number of fused-ring (bicyclic) bond motifs is 3. The Morgan fingerprint density at radius 1 is 0.950 bits per heavy atom. The van der Waals surface area contributed by atoms with E-state index in [0.717, 1.165) is 0 Å². The van der Waals surface area contributed by atoms with Gasteiger partial charge in [-0.3, -0.25) is 0 Å². The average Bonchev–Trinajstić information content (AvgIpc) is 2.88. The van der Waals surface area contributed by atoms with Gasteiger partial charge >= 0.3 is 0 Å². The van der Waals surface area contributed by atoms with E-state index in [2.05, 4.69) is 64.9 Å². The third-order valence-electron chi connectivity index (χ3n) is 4.23. The summed E-state index contributed by atoms with van der Waals surface area (Å²) in [5, 5.41) is 5.06. The molecule has 0 spiro atoms. The van der Waals surface area contributed by atoms with Crippen LogP contribution < -0.4 is 5.32 Å². The molecule has 2 heteroatoms. The topological polar surface area (TPSA) is 27.8 Å². The lowest BCUT2D eigenvalue weighted by molar-refractivity contribution is 0.593. The van der Waals surface area contributed by atoms with Gasteiger partial charge in [0.2, 0.25) is 0 Å². The molecule has 3 aromatic rings. The maximum Gasteiger partial charge on any atom is 0.0666 e. The van der Waals surface area contributed by atoms with E-state index >= 15 is 0 Å². The number of aromatic nitrogens is 1. The fourth-order valence-corrected chi connectivity index (χ4v) is 3.29. The van der Waals surface area contributed by atoms with Crippen molar-refractivity contribution in [2.75, 3.05) is 5.32 Å². The zero-order chi connectivity index (χ0) is 13.4. The largest absolute Gasteiger partial charge is 0.377 e. The summed E-state index contributed by atoms with van der Waals surface area (Å²) in [6.45, 7) is 0. The first-order valence-electron chi connectivity index (χ1n) is 7.33. The van der Waals surface area contributed by atoms with Crippen molar-refractivity contribution in [2.24, 2.45) is 0 Å². The monoisotopic (exact) mass is 262 g/mol. The minimum atomic E-state index is 0.397. The predicted octanol–water partition coefficient (Wildman–Crippen LogP) is 4.66. The molecule has 4 rings (SSSR count). The minimum absolute atomic E-state index is 0.397. The van der Waals surface area contributed by atoms with Crippen molar-refractivity contribution >= 4 is 16.6 Å². The zero-order valence-electron chi connectivity index (χ0n) is 11.4. The quantitative estimate of drug-likeness (QED) is 0.691. The first-order valence-corrected chi connectivity index (χ1v) is 7.33. The molecule has 2 aromatic carbocycles. The van der Waals surface area contributed by atoms with Crippen LogP contribution in [-0.4, -0.2) is 4.98 Å². The second kappa shape index (κ2) is 4.71. The van der Waals surface area contributed by atoms with Crippen LogP contribution in [0.25, 0.3) is 10.9 Å². The van der Waals surface area contributed by atoms with Crippen LogP contribution in [0, 0.1) is 0 Å². The van der Waals surface area contributed by atoms with Crippen molar-refractivity contribution in [3.05, 3.63) is 65.9 Å². The van der Waals surface area contributed by atoms with Crippen LogP contribution in [-0.2, 0) is 6.42 Å². The highest BCUT2D eigenvalue weighted by atomic mass is 15.0. The van der Waals surface area contributed by atoms with Crippen LogP contribution in [0.5, 0.6) is 0 Å². The number of para-hydroxylation sites is 2. The molecule has 1 aliphatic carbocycles. The van der Waals surface area contributed by atoms with Crippen molar-refractivity contribution in [3.63, 3.8) is 0 Å². The Kier molecular flexibility index (Phi) is 2.73. The molecule has 1 heterocycles. The molecule has 0 saturated carbocycles. The summed E-state index contributed by atoms with van der Waals surface area (Å²) in [7, 11) is 0. The van der Waals surface area contributed by atoms with Gasteiger partial charge in [-0.05, 0) is 43.0 Å². The lowest BCUT2D eigenvalue weighted by Crippen LogP contribution is -2.17. The Hall–Kier alpha value is -2.22. The molecule has 0 aliphatic heterocycles. The van der Waals surface area contributed by atoms with Crippen LogP contribution >= 0.6 is 0 Å². The molecule has 0 fully saturated rings. The number of rotatable bonds is 2. The van der Waals surface area contributed by atoms with E-state index in [-0.39, 0.29) is 0 Å². The van der Waals surface area contributed by atoms with Gasteiger partial charge < -0.3 is 10.3 Å². The van der Waals surface area contributed by atoms with E-state index in [9.17, 15) is 0 Å². The summed E-state index contributed by atoms with van der Waals surface area (Å²) < 4.78 is 0. The fourth-order valence-electron chi connectivity index (χ4n) is 3.29. The van der Waals surface area contributed by atoms with Gasteiger partial charge in [-0.25, -0.2) is 0 Å². The number of benzene rings is 2. The second-order valence-corrected chi connectivity index (χ2v) is 5.52.